The third-order valence-electron chi connectivity index (χ3n) is 1.93. The maximum Gasteiger partial charge on any atom is 0.0750 e. The Hall–Kier alpha value is -0.120. The lowest BCUT2D eigenvalue weighted by Gasteiger charge is -2.24. The molecule has 0 amide bonds. The van der Waals surface area contributed by atoms with Crippen LogP contribution in [-0.4, -0.2) is 38.5 Å². The highest BCUT2D eigenvalue weighted by Gasteiger charge is 2.15. The Balaban J connectivity index is 3.26. The van der Waals surface area contributed by atoms with Crippen LogP contribution in [0, 0.1) is 0 Å². The average Bonchev–Trinajstić information content (AvgIpc) is 2.11. The van der Waals surface area contributed by atoms with Crippen LogP contribution in [0.25, 0.3) is 0 Å². The monoisotopic (exact) mass is 203 g/mol. The van der Waals surface area contributed by atoms with E-state index < -0.39 is 0 Å². The molecule has 3 heteroatoms. The Bertz CT molecular complexity index is 126. The second kappa shape index (κ2) is 8.21. The largest absolute Gasteiger partial charge is 0.382 e. The predicted molar refractivity (Wildman–Crippen MR) is 59.7 cm³/mol. The molecule has 0 aliphatic carbocycles. The van der Waals surface area contributed by atoms with Gasteiger partial charge in [-0.1, -0.05) is 0 Å². The van der Waals surface area contributed by atoms with Gasteiger partial charge >= 0.3 is 0 Å². The summed E-state index contributed by atoms with van der Waals surface area (Å²) in [5, 5.41) is 3.36. The molecule has 0 bridgehead atoms. The lowest BCUT2D eigenvalue weighted by molar-refractivity contribution is -0.00896. The summed E-state index contributed by atoms with van der Waals surface area (Å²) >= 11 is 0. The molecule has 3 nitrogen and oxygen atoms in total. The molecule has 0 saturated carbocycles. The van der Waals surface area contributed by atoms with Gasteiger partial charge in [0.25, 0.3) is 0 Å². The van der Waals surface area contributed by atoms with Crippen molar-refractivity contribution in [2.75, 3.05) is 32.9 Å². The summed E-state index contributed by atoms with van der Waals surface area (Å²) in [6.45, 7) is 12.6. The highest BCUT2D eigenvalue weighted by Crippen LogP contribution is 2.06. The van der Waals surface area contributed by atoms with E-state index in [0.717, 1.165) is 39.3 Å². The third-order valence-corrected chi connectivity index (χ3v) is 1.93. The van der Waals surface area contributed by atoms with Crippen LogP contribution < -0.4 is 5.32 Å². The quantitative estimate of drug-likeness (QED) is 0.580. The zero-order valence-corrected chi connectivity index (χ0v) is 10.1. The van der Waals surface area contributed by atoms with Gasteiger partial charge in [-0.2, -0.15) is 0 Å². The van der Waals surface area contributed by atoms with Crippen molar-refractivity contribution < 1.29 is 9.47 Å². The van der Waals surface area contributed by atoms with Crippen molar-refractivity contribution >= 4 is 0 Å². The van der Waals surface area contributed by atoms with Gasteiger partial charge < -0.3 is 14.8 Å². The second-order valence-corrected chi connectivity index (χ2v) is 3.92. The number of ether oxygens (including phenoxy) is 2. The van der Waals surface area contributed by atoms with E-state index in [0.29, 0.717) is 0 Å². The van der Waals surface area contributed by atoms with E-state index in [4.69, 9.17) is 9.47 Å². The van der Waals surface area contributed by atoms with E-state index >= 15 is 0 Å². The summed E-state index contributed by atoms with van der Waals surface area (Å²) in [5.74, 6) is 0. The van der Waals surface area contributed by atoms with Crippen molar-refractivity contribution in [1.29, 1.82) is 0 Å². The first-order valence-electron chi connectivity index (χ1n) is 5.55. The lowest BCUT2D eigenvalue weighted by Crippen LogP contribution is -2.38. The first kappa shape index (κ1) is 13.9. The Morgan fingerprint density at radius 2 is 1.86 bits per heavy atom. The smallest absolute Gasteiger partial charge is 0.0750 e. The predicted octanol–water partition coefficient (Wildman–Crippen LogP) is 1.82. The fourth-order valence-corrected chi connectivity index (χ4v) is 1.27. The standard InChI is InChI=1S/C11H25NO2/c1-5-13-9-7-8-12-10-11(3,4)14-6-2/h12H,5-10H2,1-4H3. The van der Waals surface area contributed by atoms with Crippen LogP contribution in [0.4, 0.5) is 0 Å². The zero-order chi connectivity index (χ0) is 10.9. The zero-order valence-electron chi connectivity index (χ0n) is 10.1. The fraction of sp³-hybridized carbons (Fsp3) is 1.00. The van der Waals surface area contributed by atoms with Crippen LogP contribution in [0.1, 0.15) is 34.1 Å². The van der Waals surface area contributed by atoms with Crippen LogP contribution >= 0.6 is 0 Å². The molecule has 14 heavy (non-hydrogen) atoms. The molecule has 0 aromatic carbocycles. The molecule has 0 radical (unpaired) electrons. The maximum atomic E-state index is 5.56. The van der Waals surface area contributed by atoms with Gasteiger partial charge in [-0.3, -0.25) is 0 Å². The molecule has 0 aliphatic heterocycles. The van der Waals surface area contributed by atoms with Crippen molar-refractivity contribution in [2.45, 2.75) is 39.7 Å². The number of hydrogen-bond acceptors (Lipinski definition) is 3. The molecule has 0 unspecified atom stereocenters. The molecule has 1 N–H and O–H groups in total. The van der Waals surface area contributed by atoms with E-state index in [1.807, 2.05) is 13.8 Å². The normalized spacial score (nSPS) is 12.0. The summed E-state index contributed by atoms with van der Waals surface area (Å²) in [6, 6.07) is 0. The molecular formula is C11H25NO2. The lowest BCUT2D eigenvalue weighted by atomic mass is 10.1. The van der Waals surface area contributed by atoms with Crippen molar-refractivity contribution in [1.82, 2.24) is 5.32 Å². The van der Waals surface area contributed by atoms with E-state index in [1.165, 1.54) is 0 Å². The summed E-state index contributed by atoms with van der Waals surface area (Å²) in [5.41, 5.74) is -0.0552. The SMILES string of the molecule is CCOCCCNCC(C)(C)OCC. The Kier molecular flexibility index (Phi) is 8.14. The summed E-state index contributed by atoms with van der Waals surface area (Å²) in [4.78, 5) is 0. The number of nitrogens with one attached hydrogen (secondary N) is 1. The minimum atomic E-state index is -0.0552. The van der Waals surface area contributed by atoms with Gasteiger partial charge in [0.2, 0.25) is 0 Å². The van der Waals surface area contributed by atoms with Gasteiger partial charge in [-0.25, -0.2) is 0 Å². The van der Waals surface area contributed by atoms with Gasteiger partial charge in [0.1, 0.15) is 0 Å². The molecule has 0 aliphatic rings. The molecule has 0 atom stereocenters. The van der Waals surface area contributed by atoms with Gasteiger partial charge in [0.15, 0.2) is 0 Å². The van der Waals surface area contributed by atoms with E-state index in [-0.39, 0.29) is 5.60 Å². The van der Waals surface area contributed by atoms with Crippen molar-refractivity contribution in [3.8, 4) is 0 Å². The summed E-state index contributed by atoms with van der Waals surface area (Å²) in [7, 11) is 0. The molecule has 0 aromatic rings. The molecule has 86 valence electrons. The van der Waals surface area contributed by atoms with Crippen LogP contribution in [-0.2, 0) is 9.47 Å². The van der Waals surface area contributed by atoms with Gasteiger partial charge in [0, 0.05) is 26.4 Å². The van der Waals surface area contributed by atoms with Crippen LogP contribution in [0.5, 0.6) is 0 Å². The minimum Gasteiger partial charge on any atom is -0.382 e. The van der Waals surface area contributed by atoms with E-state index in [1.54, 1.807) is 0 Å². The minimum absolute atomic E-state index is 0.0552. The van der Waals surface area contributed by atoms with Crippen LogP contribution in [0.15, 0.2) is 0 Å². The summed E-state index contributed by atoms with van der Waals surface area (Å²) < 4.78 is 10.8. The highest BCUT2D eigenvalue weighted by molar-refractivity contribution is 4.71. The van der Waals surface area contributed by atoms with Crippen LogP contribution in [0.2, 0.25) is 0 Å². The Morgan fingerprint density at radius 1 is 1.14 bits per heavy atom. The van der Waals surface area contributed by atoms with Crippen LogP contribution in [0.3, 0.4) is 0 Å². The third kappa shape index (κ3) is 8.48. The molecule has 0 spiro atoms. The van der Waals surface area contributed by atoms with Crippen molar-refractivity contribution in [2.24, 2.45) is 0 Å². The van der Waals surface area contributed by atoms with Gasteiger partial charge in [0.05, 0.1) is 5.60 Å². The highest BCUT2D eigenvalue weighted by atomic mass is 16.5. The molecule has 0 heterocycles. The van der Waals surface area contributed by atoms with E-state index in [9.17, 15) is 0 Å². The molecular weight excluding hydrogens is 178 g/mol. The Labute approximate surface area is 88.2 Å². The molecule has 0 rings (SSSR count). The molecule has 0 aromatic heterocycles. The summed E-state index contributed by atoms with van der Waals surface area (Å²) in [6.07, 6.45) is 1.07. The number of rotatable bonds is 9. The fourth-order valence-electron chi connectivity index (χ4n) is 1.27. The number of hydrogen-bond donors (Lipinski definition) is 1. The first-order valence-corrected chi connectivity index (χ1v) is 5.55. The second-order valence-electron chi connectivity index (χ2n) is 3.92. The van der Waals surface area contributed by atoms with Crippen molar-refractivity contribution in [3.05, 3.63) is 0 Å². The average molecular weight is 203 g/mol. The molecule has 0 saturated heterocycles. The Morgan fingerprint density at radius 3 is 2.43 bits per heavy atom. The van der Waals surface area contributed by atoms with Crippen molar-refractivity contribution in [3.63, 3.8) is 0 Å². The maximum absolute atomic E-state index is 5.56. The van der Waals surface area contributed by atoms with Gasteiger partial charge in [-0.05, 0) is 40.7 Å². The van der Waals surface area contributed by atoms with E-state index in [2.05, 4.69) is 19.2 Å². The topological polar surface area (TPSA) is 30.5 Å². The van der Waals surface area contributed by atoms with Gasteiger partial charge in [-0.15, -0.1) is 0 Å². The first-order chi connectivity index (χ1) is 6.62. The molecule has 0 fully saturated rings.